The third-order valence-electron chi connectivity index (χ3n) is 2.08. The van der Waals surface area contributed by atoms with Crippen LogP contribution in [0.25, 0.3) is 0 Å². The summed E-state index contributed by atoms with van der Waals surface area (Å²) in [6, 6.07) is 7.89. The maximum absolute atomic E-state index is 9.02. The number of halogens is 2. The molecule has 1 aromatic heterocycles. The topological polar surface area (TPSA) is 48.7 Å². The van der Waals surface area contributed by atoms with E-state index in [1.54, 1.807) is 6.20 Å². The predicted molar refractivity (Wildman–Crippen MR) is 78.3 cm³/mol. The molecule has 0 saturated carbocycles. The lowest BCUT2D eigenvalue weighted by Crippen LogP contribution is -1.99. The second kappa shape index (κ2) is 5.67. The van der Waals surface area contributed by atoms with Crippen molar-refractivity contribution < 1.29 is 0 Å². The van der Waals surface area contributed by atoms with Crippen LogP contribution in [-0.4, -0.2) is 4.98 Å². The molecule has 2 rings (SSSR count). The van der Waals surface area contributed by atoms with Gasteiger partial charge in [-0.1, -0.05) is 11.6 Å². The van der Waals surface area contributed by atoms with Crippen molar-refractivity contribution in [2.75, 3.05) is 5.32 Å². The molecule has 0 bridgehead atoms. The summed E-state index contributed by atoms with van der Waals surface area (Å²) in [5.41, 5.74) is 1.48. The van der Waals surface area contributed by atoms with Crippen LogP contribution in [0.3, 0.4) is 0 Å². The summed E-state index contributed by atoms with van der Waals surface area (Å²) in [6.45, 7) is 0.625. The van der Waals surface area contributed by atoms with Crippen LogP contribution >= 0.6 is 45.5 Å². The molecule has 0 amide bonds. The molecule has 6 heteroatoms. The van der Waals surface area contributed by atoms with Gasteiger partial charge in [-0.25, -0.2) is 4.98 Å². The van der Waals surface area contributed by atoms with Gasteiger partial charge in [0.05, 0.1) is 17.8 Å². The van der Waals surface area contributed by atoms with Gasteiger partial charge in [0.2, 0.25) is 0 Å². The first-order valence-electron chi connectivity index (χ1n) is 4.73. The highest BCUT2D eigenvalue weighted by Crippen LogP contribution is 2.21. The van der Waals surface area contributed by atoms with E-state index in [0.29, 0.717) is 16.6 Å². The minimum Gasteiger partial charge on any atom is -0.379 e. The molecule has 0 unspecified atom stereocenters. The van der Waals surface area contributed by atoms with E-state index in [-0.39, 0.29) is 0 Å². The van der Waals surface area contributed by atoms with Gasteiger partial charge in [-0.15, -0.1) is 11.3 Å². The maximum atomic E-state index is 9.02. The van der Waals surface area contributed by atoms with Crippen LogP contribution in [0.15, 0.2) is 24.4 Å². The quantitative estimate of drug-likeness (QED) is 0.828. The van der Waals surface area contributed by atoms with Gasteiger partial charge in [-0.2, -0.15) is 5.26 Å². The SMILES string of the molecule is N#Cc1cc(I)ccc1NCc1cnc(Cl)s1. The van der Waals surface area contributed by atoms with Crippen molar-refractivity contribution in [2.24, 2.45) is 0 Å². The van der Waals surface area contributed by atoms with Gasteiger partial charge in [0.1, 0.15) is 6.07 Å². The monoisotopic (exact) mass is 375 g/mol. The number of rotatable bonds is 3. The van der Waals surface area contributed by atoms with Gasteiger partial charge in [0, 0.05) is 14.6 Å². The van der Waals surface area contributed by atoms with Crippen LogP contribution in [0.2, 0.25) is 4.47 Å². The van der Waals surface area contributed by atoms with Crippen LogP contribution in [-0.2, 0) is 6.54 Å². The van der Waals surface area contributed by atoms with Crippen molar-refractivity contribution in [3.63, 3.8) is 0 Å². The number of nitrogens with zero attached hydrogens (tertiary/aromatic N) is 2. The van der Waals surface area contributed by atoms with Crippen LogP contribution in [0.1, 0.15) is 10.4 Å². The van der Waals surface area contributed by atoms with Crippen molar-refractivity contribution in [3.8, 4) is 6.07 Å². The molecule has 3 nitrogen and oxygen atoms in total. The average Bonchev–Trinajstić information content (AvgIpc) is 2.73. The van der Waals surface area contributed by atoms with Gasteiger partial charge in [0.15, 0.2) is 4.47 Å². The second-order valence-electron chi connectivity index (χ2n) is 3.23. The van der Waals surface area contributed by atoms with Crippen LogP contribution < -0.4 is 5.32 Å². The van der Waals surface area contributed by atoms with E-state index in [9.17, 15) is 0 Å². The zero-order chi connectivity index (χ0) is 12.3. The number of nitrogens with one attached hydrogen (secondary N) is 1. The molecule has 0 radical (unpaired) electrons. The molecule has 0 aliphatic rings. The highest BCUT2D eigenvalue weighted by Gasteiger charge is 2.04. The largest absolute Gasteiger partial charge is 0.379 e. The fourth-order valence-electron chi connectivity index (χ4n) is 1.31. The van der Waals surface area contributed by atoms with Gasteiger partial charge in [-0.3, -0.25) is 0 Å². The number of benzene rings is 1. The Morgan fingerprint density at radius 3 is 3.00 bits per heavy atom. The summed E-state index contributed by atoms with van der Waals surface area (Å²) in [7, 11) is 0. The molecule has 17 heavy (non-hydrogen) atoms. The van der Waals surface area contributed by atoms with E-state index in [1.807, 2.05) is 18.2 Å². The van der Waals surface area contributed by atoms with Gasteiger partial charge >= 0.3 is 0 Å². The lowest BCUT2D eigenvalue weighted by atomic mass is 10.2. The van der Waals surface area contributed by atoms with Gasteiger partial charge < -0.3 is 5.32 Å². The lowest BCUT2D eigenvalue weighted by molar-refractivity contribution is 1.17. The molecular formula is C11H7ClIN3S. The standard InChI is InChI=1S/C11H7ClIN3S/c12-11-16-6-9(17-11)5-15-10-2-1-8(13)3-7(10)4-14/h1-3,6,15H,5H2. The summed E-state index contributed by atoms with van der Waals surface area (Å²) in [5.74, 6) is 0. The van der Waals surface area contributed by atoms with E-state index < -0.39 is 0 Å². The van der Waals surface area contributed by atoms with Crippen molar-refractivity contribution in [1.29, 1.82) is 5.26 Å². The number of nitriles is 1. The third kappa shape index (κ3) is 3.31. The van der Waals surface area contributed by atoms with Crippen molar-refractivity contribution in [2.45, 2.75) is 6.54 Å². The van der Waals surface area contributed by atoms with Crippen molar-refractivity contribution in [1.82, 2.24) is 4.98 Å². The van der Waals surface area contributed by atoms with Crippen molar-refractivity contribution >= 4 is 51.2 Å². The molecule has 2 aromatic rings. The normalized spacial score (nSPS) is 9.94. The molecule has 1 heterocycles. The number of anilines is 1. The Hall–Kier alpha value is -0.840. The van der Waals surface area contributed by atoms with E-state index in [1.165, 1.54) is 11.3 Å². The first-order chi connectivity index (χ1) is 8.19. The Labute approximate surface area is 122 Å². The van der Waals surface area contributed by atoms with Gasteiger partial charge in [0.25, 0.3) is 0 Å². The number of aromatic nitrogens is 1. The first-order valence-corrected chi connectivity index (χ1v) is 7.00. The summed E-state index contributed by atoms with van der Waals surface area (Å²) >= 11 is 9.36. The highest BCUT2D eigenvalue weighted by molar-refractivity contribution is 14.1. The summed E-state index contributed by atoms with van der Waals surface area (Å²) < 4.78 is 1.58. The van der Waals surface area contributed by atoms with E-state index >= 15 is 0 Å². The maximum Gasteiger partial charge on any atom is 0.183 e. The molecule has 0 aliphatic heterocycles. The average molecular weight is 376 g/mol. The number of hydrogen-bond acceptors (Lipinski definition) is 4. The van der Waals surface area contributed by atoms with Crippen LogP contribution in [0.5, 0.6) is 0 Å². The summed E-state index contributed by atoms with van der Waals surface area (Å²) in [4.78, 5) is 5.00. The summed E-state index contributed by atoms with van der Waals surface area (Å²) in [5, 5.41) is 12.2. The Morgan fingerprint density at radius 2 is 2.35 bits per heavy atom. The molecule has 0 atom stereocenters. The molecule has 1 N–H and O–H groups in total. The van der Waals surface area contributed by atoms with Crippen LogP contribution in [0.4, 0.5) is 5.69 Å². The zero-order valence-corrected chi connectivity index (χ0v) is 12.3. The fourth-order valence-corrected chi connectivity index (χ4v) is 2.72. The third-order valence-corrected chi connectivity index (χ3v) is 3.87. The minimum absolute atomic E-state index is 0.532. The molecule has 86 valence electrons. The highest BCUT2D eigenvalue weighted by atomic mass is 127. The van der Waals surface area contributed by atoms with E-state index in [0.717, 1.165) is 14.1 Å². The summed E-state index contributed by atoms with van der Waals surface area (Å²) in [6.07, 6.45) is 1.73. The Morgan fingerprint density at radius 1 is 1.53 bits per heavy atom. The first kappa shape index (κ1) is 12.6. The lowest BCUT2D eigenvalue weighted by Gasteiger charge is -2.06. The minimum atomic E-state index is 0.532. The Balaban J connectivity index is 2.12. The van der Waals surface area contributed by atoms with Gasteiger partial charge in [-0.05, 0) is 40.8 Å². The molecule has 0 aliphatic carbocycles. The molecule has 0 spiro atoms. The zero-order valence-electron chi connectivity index (χ0n) is 8.58. The fraction of sp³-hybridized carbons (Fsp3) is 0.0909. The molecule has 0 fully saturated rings. The number of thiazole rings is 1. The Bertz CT molecular complexity index is 576. The predicted octanol–water partition coefficient (Wildman–Crippen LogP) is 3.88. The molecular weight excluding hydrogens is 369 g/mol. The van der Waals surface area contributed by atoms with E-state index in [4.69, 9.17) is 16.9 Å². The second-order valence-corrected chi connectivity index (χ2v) is 6.18. The van der Waals surface area contributed by atoms with E-state index in [2.05, 4.69) is 39.0 Å². The molecule has 0 saturated heterocycles. The smallest absolute Gasteiger partial charge is 0.183 e. The van der Waals surface area contributed by atoms with Crippen LogP contribution in [0, 0.1) is 14.9 Å². The van der Waals surface area contributed by atoms with Crippen molar-refractivity contribution in [3.05, 3.63) is 42.9 Å². The molecule has 1 aromatic carbocycles. The number of hydrogen-bond donors (Lipinski definition) is 1. The Kier molecular flexibility index (Phi) is 4.20.